The number of nitrogens with one attached hydrogen (secondary N) is 1. The zero-order valence-corrected chi connectivity index (χ0v) is 12.4. The van der Waals surface area contributed by atoms with Crippen LogP contribution in [0.4, 0.5) is 13.2 Å². The van der Waals surface area contributed by atoms with Crippen molar-refractivity contribution in [1.82, 2.24) is 5.32 Å². The third-order valence-electron chi connectivity index (χ3n) is 3.97. The third kappa shape index (κ3) is 3.51. The van der Waals surface area contributed by atoms with Crippen LogP contribution in [0.3, 0.4) is 0 Å². The quantitative estimate of drug-likeness (QED) is 0.661. The van der Waals surface area contributed by atoms with E-state index in [2.05, 4.69) is 12.2 Å². The van der Waals surface area contributed by atoms with E-state index in [0.717, 1.165) is 19.3 Å². The summed E-state index contributed by atoms with van der Waals surface area (Å²) in [5, 5.41) is 2.78. The van der Waals surface area contributed by atoms with Gasteiger partial charge in [-0.2, -0.15) is 0 Å². The standard InChI is InChI=1S/C15H17ClF3NO/c1-9-3-2-4-15(7-9,8-16)20-14(21)10-5-11(17)13(19)12(18)6-10/h5-6,9H,2-4,7-8H2,1H3,(H,20,21). The second-order valence-electron chi connectivity index (χ2n) is 5.82. The van der Waals surface area contributed by atoms with Crippen molar-refractivity contribution in [2.45, 2.75) is 38.1 Å². The van der Waals surface area contributed by atoms with E-state index in [-0.39, 0.29) is 11.4 Å². The van der Waals surface area contributed by atoms with E-state index < -0.39 is 28.9 Å². The second kappa shape index (κ2) is 6.26. The lowest BCUT2D eigenvalue weighted by molar-refractivity contribution is 0.0866. The van der Waals surface area contributed by atoms with Crippen LogP contribution in [0.15, 0.2) is 12.1 Å². The molecule has 1 saturated carbocycles. The number of amides is 1. The predicted molar refractivity (Wildman–Crippen MR) is 74.9 cm³/mol. The Morgan fingerprint density at radius 3 is 2.52 bits per heavy atom. The number of alkyl halides is 1. The largest absolute Gasteiger partial charge is 0.345 e. The van der Waals surface area contributed by atoms with Gasteiger partial charge in [-0.3, -0.25) is 4.79 Å². The molecule has 2 nitrogen and oxygen atoms in total. The molecule has 1 fully saturated rings. The van der Waals surface area contributed by atoms with Crippen LogP contribution in [0.1, 0.15) is 43.0 Å². The van der Waals surface area contributed by atoms with Gasteiger partial charge in [-0.05, 0) is 30.9 Å². The molecule has 0 radical (unpaired) electrons. The summed E-state index contributed by atoms with van der Waals surface area (Å²) >= 11 is 6.00. The van der Waals surface area contributed by atoms with Gasteiger partial charge in [-0.15, -0.1) is 11.6 Å². The molecular formula is C15H17ClF3NO. The normalized spacial score (nSPS) is 25.7. The molecule has 6 heteroatoms. The number of carbonyl (C=O) groups is 1. The lowest BCUT2D eigenvalue weighted by atomic mass is 9.77. The summed E-state index contributed by atoms with van der Waals surface area (Å²) in [5.41, 5.74) is -0.813. The minimum atomic E-state index is -1.58. The summed E-state index contributed by atoms with van der Waals surface area (Å²) in [7, 11) is 0. The van der Waals surface area contributed by atoms with Crippen LogP contribution < -0.4 is 5.32 Å². The molecule has 0 heterocycles. The van der Waals surface area contributed by atoms with E-state index in [1.165, 1.54) is 0 Å². The molecule has 1 aliphatic rings. The monoisotopic (exact) mass is 319 g/mol. The van der Waals surface area contributed by atoms with Crippen molar-refractivity contribution in [1.29, 1.82) is 0 Å². The van der Waals surface area contributed by atoms with E-state index in [0.29, 0.717) is 24.5 Å². The second-order valence-corrected chi connectivity index (χ2v) is 6.09. The van der Waals surface area contributed by atoms with E-state index in [9.17, 15) is 18.0 Å². The van der Waals surface area contributed by atoms with Gasteiger partial charge in [0.1, 0.15) is 0 Å². The summed E-state index contributed by atoms with van der Waals surface area (Å²) in [5.74, 6) is -4.32. The molecule has 1 aliphatic carbocycles. The highest BCUT2D eigenvalue weighted by Gasteiger charge is 2.36. The molecule has 0 aliphatic heterocycles. The Kier molecular flexibility index (Phi) is 4.81. The Labute approximate surface area is 126 Å². The van der Waals surface area contributed by atoms with Crippen molar-refractivity contribution in [3.63, 3.8) is 0 Å². The average molecular weight is 320 g/mol. The molecule has 0 bridgehead atoms. The Bertz CT molecular complexity index is 529. The molecule has 1 aromatic carbocycles. The van der Waals surface area contributed by atoms with Crippen LogP contribution in [0.5, 0.6) is 0 Å². The first-order chi connectivity index (χ1) is 9.87. The van der Waals surface area contributed by atoms with Gasteiger partial charge in [0.05, 0.1) is 5.54 Å². The minimum absolute atomic E-state index is 0.231. The smallest absolute Gasteiger partial charge is 0.251 e. The number of halogens is 4. The summed E-state index contributed by atoms with van der Waals surface area (Å²) in [6.45, 7) is 2.07. The average Bonchev–Trinajstić information content (AvgIpc) is 2.44. The molecular weight excluding hydrogens is 303 g/mol. The van der Waals surface area contributed by atoms with Crippen molar-refractivity contribution in [2.24, 2.45) is 5.92 Å². The first kappa shape index (κ1) is 16.1. The van der Waals surface area contributed by atoms with Gasteiger partial charge in [-0.25, -0.2) is 13.2 Å². The zero-order chi connectivity index (χ0) is 15.6. The topological polar surface area (TPSA) is 29.1 Å². The van der Waals surface area contributed by atoms with Crippen LogP contribution in [0.25, 0.3) is 0 Å². The van der Waals surface area contributed by atoms with Crippen LogP contribution >= 0.6 is 11.6 Å². The van der Waals surface area contributed by atoms with Crippen molar-refractivity contribution < 1.29 is 18.0 Å². The maximum Gasteiger partial charge on any atom is 0.251 e. The number of hydrogen-bond acceptors (Lipinski definition) is 1. The Morgan fingerprint density at radius 1 is 1.38 bits per heavy atom. The summed E-state index contributed by atoms with van der Waals surface area (Å²) in [6.07, 6.45) is 3.43. The van der Waals surface area contributed by atoms with Crippen molar-refractivity contribution in [2.75, 3.05) is 5.88 Å². The summed E-state index contributed by atoms with van der Waals surface area (Å²) < 4.78 is 39.3. The first-order valence-corrected chi connectivity index (χ1v) is 7.43. The fraction of sp³-hybridized carbons (Fsp3) is 0.533. The van der Waals surface area contributed by atoms with Gasteiger partial charge in [0.25, 0.3) is 5.91 Å². The molecule has 0 spiro atoms. The molecule has 1 amide bonds. The molecule has 2 unspecified atom stereocenters. The highest BCUT2D eigenvalue weighted by Crippen LogP contribution is 2.33. The zero-order valence-electron chi connectivity index (χ0n) is 11.7. The fourth-order valence-electron chi connectivity index (χ4n) is 2.93. The minimum Gasteiger partial charge on any atom is -0.345 e. The fourth-order valence-corrected chi connectivity index (χ4v) is 3.24. The maximum absolute atomic E-state index is 13.2. The molecule has 1 N–H and O–H groups in total. The van der Waals surface area contributed by atoms with Gasteiger partial charge in [-0.1, -0.05) is 19.8 Å². The van der Waals surface area contributed by atoms with Crippen LogP contribution in [0, 0.1) is 23.4 Å². The maximum atomic E-state index is 13.2. The van der Waals surface area contributed by atoms with Crippen molar-refractivity contribution >= 4 is 17.5 Å². The molecule has 0 aromatic heterocycles. The molecule has 2 rings (SSSR count). The summed E-state index contributed by atoms with van der Waals surface area (Å²) in [6, 6.07) is 1.39. The highest BCUT2D eigenvalue weighted by atomic mass is 35.5. The lowest BCUT2D eigenvalue weighted by Crippen LogP contribution is -2.52. The van der Waals surface area contributed by atoms with Crippen molar-refractivity contribution in [3.8, 4) is 0 Å². The molecule has 21 heavy (non-hydrogen) atoms. The van der Waals surface area contributed by atoms with Crippen LogP contribution in [-0.2, 0) is 0 Å². The van der Waals surface area contributed by atoms with Crippen LogP contribution in [0.2, 0.25) is 0 Å². The number of carbonyl (C=O) groups excluding carboxylic acids is 1. The van der Waals surface area contributed by atoms with Crippen molar-refractivity contribution in [3.05, 3.63) is 35.1 Å². The SMILES string of the molecule is CC1CCCC(CCl)(NC(=O)c2cc(F)c(F)c(F)c2)C1. The Hall–Kier alpha value is -1.23. The molecule has 116 valence electrons. The number of hydrogen-bond donors (Lipinski definition) is 1. The van der Waals surface area contributed by atoms with Crippen LogP contribution in [-0.4, -0.2) is 17.3 Å². The van der Waals surface area contributed by atoms with E-state index in [4.69, 9.17) is 11.6 Å². The van der Waals surface area contributed by atoms with E-state index >= 15 is 0 Å². The Balaban J connectivity index is 2.20. The van der Waals surface area contributed by atoms with Gasteiger partial charge < -0.3 is 5.32 Å². The number of benzene rings is 1. The van der Waals surface area contributed by atoms with E-state index in [1.54, 1.807) is 0 Å². The predicted octanol–water partition coefficient (Wildman–Crippen LogP) is 4.02. The Morgan fingerprint density at radius 2 is 2.00 bits per heavy atom. The highest BCUT2D eigenvalue weighted by molar-refractivity contribution is 6.19. The molecule has 1 aromatic rings. The number of rotatable bonds is 3. The third-order valence-corrected chi connectivity index (χ3v) is 4.48. The van der Waals surface area contributed by atoms with Gasteiger partial charge in [0, 0.05) is 11.4 Å². The first-order valence-electron chi connectivity index (χ1n) is 6.90. The summed E-state index contributed by atoms with van der Waals surface area (Å²) in [4.78, 5) is 12.2. The van der Waals surface area contributed by atoms with E-state index in [1.807, 2.05) is 0 Å². The van der Waals surface area contributed by atoms with Gasteiger partial charge >= 0.3 is 0 Å². The molecule has 2 atom stereocenters. The molecule has 0 saturated heterocycles. The lowest BCUT2D eigenvalue weighted by Gasteiger charge is -2.39. The van der Waals surface area contributed by atoms with Gasteiger partial charge in [0.2, 0.25) is 0 Å². The van der Waals surface area contributed by atoms with Gasteiger partial charge in [0.15, 0.2) is 17.5 Å².